The van der Waals surface area contributed by atoms with Crippen LogP contribution in [-0.2, 0) is 0 Å². The number of nitrogens with one attached hydrogen (secondary N) is 1. The predicted molar refractivity (Wildman–Crippen MR) is 53.5 cm³/mol. The van der Waals surface area contributed by atoms with Crippen molar-refractivity contribution >= 4 is 28.3 Å². The molecule has 0 saturated heterocycles. The van der Waals surface area contributed by atoms with E-state index in [4.69, 9.17) is 0 Å². The summed E-state index contributed by atoms with van der Waals surface area (Å²) in [6.45, 7) is 2.12. The quantitative estimate of drug-likeness (QED) is 0.481. The monoisotopic (exact) mass is 247 g/mol. The second-order valence-electron chi connectivity index (χ2n) is 2.13. The van der Waals surface area contributed by atoms with Gasteiger partial charge in [-0.3, -0.25) is 0 Å². The van der Waals surface area contributed by atoms with Crippen LogP contribution in [0.3, 0.4) is 0 Å². The van der Waals surface area contributed by atoms with Crippen LogP contribution >= 0.6 is 22.6 Å². The normalized spacial score (nSPS) is 12.6. The van der Waals surface area contributed by atoms with Gasteiger partial charge in [0.15, 0.2) is 0 Å². The van der Waals surface area contributed by atoms with E-state index in [1.54, 1.807) is 0 Å². The molecule has 1 aromatic carbocycles. The molecule has 1 N–H and O–H groups in total. The summed E-state index contributed by atoms with van der Waals surface area (Å²) in [6, 6.07) is 10.2. The summed E-state index contributed by atoms with van der Waals surface area (Å²) in [4.78, 5) is 0. The predicted octanol–water partition coefficient (Wildman–Crippen LogP) is 2.88. The van der Waals surface area contributed by atoms with Crippen molar-refractivity contribution in [2.45, 2.75) is 11.0 Å². The van der Waals surface area contributed by atoms with Gasteiger partial charge in [0.2, 0.25) is 0 Å². The van der Waals surface area contributed by atoms with Gasteiger partial charge in [-0.1, -0.05) is 40.8 Å². The van der Waals surface area contributed by atoms with E-state index in [1.165, 1.54) is 5.69 Å². The topological polar surface area (TPSA) is 12.0 Å². The number of rotatable bonds is 2. The van der Waals surface area contributed by atoms with E-state index in [9.17, 15) is 0 Å². The lowest BCUT2D eigenvalue weighted by Crippen LogP contribution is -2.04. The molecule has 0 aliphatic rings. The van der Waals surface area contributed by atoms with Gasteiger partial charge in [-0.25, -0.2) is 0 Å². The highest BCUT2D eigenvalue weighted by atomic mass is 127. The second kappa shape index (κ2) is 3.81. The Bertz CT molecular complexity index is 184. The number of halogens is 1. The molecule has 54 valence electrons. The van der Waals surface area contributed by atoms with Gasteiger partial charge in [0, 0.05) is 5.69 Å². The molecule has 1 rings (SSSR count). The van der Waals surface area contributed by atoms with Crippen LogP contribution in [0.1, 0.15) is 6.92 Å². The van der Waals surface area contributed by atoms with Gasteiger partial charge in [-0.05, 0) is 19.1 Å². The SMILES string of the molecule is C[C@H](I)Nc1ccccc1. The number of anilines is 1. The first-order chi connectivity index (χ1) is 4.79. The average molecular weight is 247 g/mol. The summed E-state index contributed by atoms with van der Waals surface area (Å²) < 4.78 is 0.486. The van der Waals surface area contributed by atoms with Gasteiger partial charge < -0.3 is 5.32 Å². The van der Waals surface area contributed by atoms with Gasteiger partial charge in [-0.2, -0.15) is 0 Å². The van der Waals surface area contributed by atoms with Gasteiger partial charge in [0.25, 0.3) is 0 Å². The number of para-hydroxylation sites is 1. The summed E-state index contributed by atoms with van der Waals surface area (Å²) in [6.07, 6.45) is 0. The number of hydrogen-bond acceptors (Lipinski definition) is 1. The zero-order valence-corrected chi connectivity index (χ0v) is 8.00. The molecule has 0 fully saturated rings. The van der Waals surface area contributed by atoms with Crippen molar-refractivity contribution < 1.29 is 0 Å². The average Bonchev–Trinajstić information content (AvgIpc) is 1.88. The van der Waals surface area contributed by atoms with Crippen molar-refractivity contribution in [1.82, 2.24) is 0 Å². The number of benzene rings is 1. The van der Waals surface area contributed by atoms with Crippen LogP contribution in [0.15, 0.2) is 30.3 Å². The van der Waals surface area contributed by atoms with E-state index in [0.29, 0.717) is 4.05 Å². The molecule has 1 aromatic rings. The summed E-state index contributed by atoms with van der Waals surface area (Å²) in [7, 11) is 0. The molecule has 0 saturated carbocycles. The minimum atomic E-state index is 0.486. The first-order valence-electron chi connectivity index (χ1n) is 3.24. The molecule has 0 aliphatic carbocycles. The van der Waals surface area contributed by atoms with Crippen LogP contribution in [-0.4, -0.2) is 4.05 Å². The Kier molecular flexibility index (Phi) is 2.99. The van der Waals surface area contributed by atoms with Gasteiger partial charge in [-0.15, -0.1) is 0 Å². The maximum Gasteiger partial charge on any atom is 0.0752 e. The Balaban J connectivity index is 2.59. The fourth-order valence-corrected chi connectivity index (χ4v) is 1.12. The van der Waals surface area contributed by atoms with E-state index in [-0.39, 0.29) is 0 Å². The molecule has 0 heterocycles. The summed E-state index contributed by atoms with van der Waals surface area (Å²) in [5.41, 5.74) is 1.18. The number of alkyl halides is 1. The molecule has 0 bridgehead atoms. The molecule has 0 unspecified atom stereocenters. The lowest BCUT2D eigenvalue weighted by atomic mass is 10.3. The van der Waals surface area contributed by atoms with Gasteiger partial charge >= 0.3 is 0 Å². The molecule has 0 spiro atoms. The van der Waals surface area contributed by atoms with Crippen molar-refractivity contribution in [2.75, 3.05) is 5.32 Å². The Morgan fingerprint density at radius 3 is 2.40 bits per heavy atom. The summed E-state index contributed by atoms with van der Waals surface area (Å²) in [5, 5.41) is 3.29. The molecule has 1 nitrogen and oxygen atoms in total. The zero-order valence-electron chi connectivity index (χ0n) is 5.84. The van der Waals surface area contributed by atoms with E-state index in [1.807, 2.05) is 18.2 Å². The minimum absolute atomic E-state index is 0.486. The molecule has 0 aromatic heterocycles. The third kappa shape index (κ3) is 2.56. The fraction of sp³-hybridized carbons (Fsp3) is 0.250. The van der Waals surface area contributed by atoms with E-state index >= 15 is 0 Å². The van der Waals surface area contributed by atoms with Crippen molar-refractivity contribution in [2.24, 2.45) is 0 Å². The van der Waals surface area contributed by atoms with Crippen LogP contribution < -0.4 is 5.32 Å². The van der Waals surface area contributed by atoms with Crippen molar-refractivity contribution in [1.29, 1.82) is 0 Å². The maximum atomic E-state index is 3.29. The molecule has 0 amide bonds. The van der Waals surface area contributed by atoms with E-state index in [2.05, 4.69) is 47.0 Å². The minimum Gasteiger partial charge on any atom is -0.374 e. The highest BCUT2D eigenvalue weighted by Crippen LogP contribution is 2.09. The van der Waals surface area contributed by atoms with E-state index < -0.39 is 0 Å². The van der Waals surface area contributed by atoms with E-state index in [0.717, 1.165) is 0 Å². The van der Waals surface area contributed by atoms with Crippen molar-refractivity contribution in [3.63, 3.8) is 0 Å². The molecule has 10 heavy (non-hydrogen) atoms. The van der Waals surface area contributed by atoms with Gasteiger partial charge in [0.05, 0.1) is 4.05 Å². The van der Waals surface area contributed by atoms with Gasteiger partial charge in [0.1, 0.15) is 0 Å². The lowest BCUT2D eigenvalue weighted by Gasteiger charge is -2.06. The molecular weight excluding hydrogens is 237 g/mol. The third-order valence-corrected chi connectivity index (χ3v) is 1.45. The lowest BCUT2D eigenvalue weighted by molar-refractivity contribution is 1.17. The Labute approximate surface area is 75.0 Å². The molecule has 2 heteroatoms. The first-order valence-corrected chi connectivity index (χ1v) is 4.49. The van der Waals surface area contributed by atoms with Crippen molar-refractivity contribution in [3.8, 4) is 0 Å². The highest BCUT2D eigenvalue weighted by molar-refractivity contribution is 14.1. The first kappa shape index (κ1) is 7.85. The Morgan fingerprint density at radius 2 is 1.90 bits per heavy atom. The standard InChI is InChI=1S/C8H10IN/c1-7(9)10-8-5-3-2-4-6-8/h2-7,10H,1H3/t7-/m1/s1. The van der Waals surface area contributed by atoms with Crippen LogP contribution in [0.25, 0.3) is 0 Å². The second-order valence-corrected chi connectivity index (χ2v) is 3.99. The molecule has 1 atom stereocenters. The highest BCUT2D eigenvalue weighted by Gasteiger charge is 1.92. The smallest absolute Gasteiger partial charge is 0.0752 e. The molecule has 0 aliphatic heterocycles. The van der Waals surface area contributed by atoms with Crippen LogP contribution in [0, 0.1) is 0 Å². The molecule has 0 radical (unpaired) electrons. The number of hydrogen-bond donors (Lipinski definition) is 1. The van der Waals surface area contributed by atoms with Crippen LogP contribution in [0.4, 0.5) is 5.69 Å². The zero-order chi connectivity index (χ0) is 7.40. The van der Waals surface area contributed by atoms with Crippen LogP contribution in [0.2, 0.25) is 0 Å². The molecular formula is C8H10IN. The van der Waals surface area contributed by atoms with Crippen molar-refractivity contribution in [3.05, 3.63) is 30.3 Å². The maximum absolute atomic E-state index is 3.29. The Morgan fingerprint density at radius 1 is 1.30 bits per heavy atom. The Hall–Kier alpha value is -0.250. The summed E-state index contributed by atoms with van der Waals surface area (Å²) in [5.74, 6) is 0. The third-order valence-electron chi connectivity index (χ3n) is 1.14. The summed E-state index contributed by atoms with van der Waals surface area (Å²) >= 11 is 2.33. The van der Waals surface area contributed by atoms with Crippen LogP contribution in [0.5, 0.6) is 0 Å². The largest absolute Gasteiger partial charge is 0.374 e. The fourth-order valence-electron chi connectivity index (χ4n) is 0.764.